The third-order valence-corrected chi connectivity index (χ3v) is 5.38. The number of nitrogens with zero attached hydrogens (tertiary/aromatic N) is 1. The van der Waals surface area contributed by atoms with Crippen molar-refractivity contribution in [1.29, 1.82) is 0 Å². The number of nitrogens with one attached hydrogen (secondary N) is 2. The Balaban J connectivity index is 1.64. The van der Waals surface area contributed by atoms with Gasteiger partial charge < -0.3 is 14.8 Å². The summed E-state index contributed by atoms with van der Waals surface area (Å²) in [6.45, 7) is 0.456. The van der Waals surface area contributed by atoms with Gasteiger partial charge in [-0.15, -0.1) is 0 Å². The van der Waals surface area contributed by atoms with Crippen LogP contribution < -0.4 is 19.5 Å². The summed E-state index contributed by atoms with van der Waals surface area (Å²) in [5.41, 5.74) is 0.901. The van der Waals surface area contributed by atoms with E-state index in [1.165, 1.54) is 20.3 Å². The molecule has 27 heavy (non-hydrogen) atoms. The molecule has 0 aliphatic carbocycles. The third-order valence-electron chi connectivity index (χ3n) is 3.98. The zero-order valence-corrected chi connectivity index (χ0v) is 15.7. The Hall–Kier alpha value is -3.07. The lowest BCUT2D eigenvalue weighted by Gasteiger charge is -2.10. The second-order valence-electron chi connectivity index (χ2n) is 5.65. The van der Waals surface area contributed by atoms with Gasteiger partial charge in [-0.3, -0.25) is 14.5 Å². The van der Waals surface area contributed by atoms with Crippen LogP contribution in [0.2, 0.25) is 0 Å². The maximum atomic E-state index is 12.3. The first-order chi connectivity index (χ1) is 13.0. The van der Waals surface area contributed by atoms with Crippen molar-refractivity contribution >= 4 is 21.8 Å². The van der Waals surface area contributed by atoms with E-state index in [9.17, 15) is 13.2 Å². The van der Waals surface area contributed by atoms with E-state index in [0.29, 0.717) is 22.6 Å². The van der Waals surface area contributed by atoms with Gasteiger partial charge in [-0.05, 0) is 24.3 Å². The van der Waals surface area contributed by atoms with Gasteiger partial charge in [-0.1, -0.05) is 12.1 Å². The highest BCUT2D eigenvalue weighted by molar-refractivity contribution is 7.90. The van der Waals surface area contributed by atoms with Gasteiger partial charge >= 0.3 is 0 Å². The van der Waals surface area contributed by atoms with Crippen LogP contribution in [0.25, 0.3) is 0 Å². The van der Waals surface area contributed by atoms with Crippen molar-refractivity contribution in [3.05, 3.63) is 53.6 Å². The molecule has 8 nitrogen and oxygen atoms in total. The van der Waals surface area contributed by atoms with Crippen molar-refractivity contribution in [2.24, 2.45) is 4.99 Å². The molecule has 1 aliphatic rings. The fraction of sp³-hybridized carbons (Fsp3) is 0.222. The van der Waals surface area contributed by atoms with Gasteiger partial charge in [0.2, 0.25) is 0 Å². The number of hydrogen-bond acceptors (Lipinski definition) is 6. The lowest BCUT2D eigenvalue weighted by Crippen LogP contribution is -2.28. The molecule has 0 saturated heterocycles. The largest absolute Gasteiger partial charge is 0.497 e. The predicted molar refractivity (Wildman–Crippen MR) is 100 cm³/mol. The van der Waals surface area contributed by atoms with Crippen molar-refractivity contribution in [2.45, 2.75) is 4.90 Å². The molecule has 1 heterocycles. The second-order valence-corrected chi connectivity index (χ2v) is 7.30. The van der Waals surface area contributed by atoms with E-state index in [-0.39, 0.29) is 29.7 Å². The van der Waals surface area contributed by atoms with Gasteiger partial charge in [-0.25, -0.2) is 8.42 Å². The molecule has 2 N–H and O–H groups in total. The van der Waals surface area contributed by atoms with Crippen LogP contribution in [0.4, 0.5) is 0 Å². The molecule has 0 bridgehead atoms. The fourth-order valence-electron chi connectivity index (χ4n) is 2.67. The number of amidine groups is 1. The first-order valence-electron chi connectivity index (χ1n) is 8.13. The van der Waals surface area contributed by atoms with E-state index in [2.05, 4.69) is 15.0 Å². The van der Waals surface area contributed by atoms with Gasteiger partial charge in [0.1, 0.15) is 17.3 Å². The van der Waals surface area contributed by atoms with E-state index in [0.717, 1.165) is 0 Å². The van der Waals surface area contributed by atoms with E-state index in [4.69, 9.17) is 9.47 Å². The third kappa shape index (κ3) is 3.87. The van der Waals surface area contributed by atoms with Crippen LogP contribution in [0, 0.1) is 0 Å². The molecule has 9 heteroatoms. The molecule has 2 aromatic rings. The number of carbonyl (C=O) groups excluding carboxylic acids is 1. The Morgan fingerprint density at radius 1 is 1.15 bits per heavy atom. The number of amides is 1. The quantitative estimate of drug-likeness (QED) is 0.722. The van der Waals surface area contributed by atoms with E-state index in [1.807, 2.05) is 0 Å². The zero-order chi connectivity index (χ0) is 19.4. The zero-order valence-electron chi connectivity index (χ0n) is 14.9. The summed E-state index contributed by atoms with van der Waals surface area (Å²) in [6, 6.07) is 11.5. The summed E-state index contributed by atoms with van der Waals surface area (Å²) in [5, 5.41) is 2.74. The topological polar surface area (TPSA) is 106 Å². The summed E-state index contributed by atoms with van der Waals surface area (Å²) in [6.07, 6.45) is 0. The van der Waals surface area contributed by atoms with Gasteiger partial charge in [0.15, 0.2) is 0 Å². The summed E-state index contributed by atoms with van der Waals surface area (Å²) >= 11 is 0. The molecule has 0 saturated carbocycles. The molecule has 0 unspecified atom stereocenters. The molecule has 1 aliphatic heterocycles. The van der Waals surface area contributed by atoms with Crippen LogP contribution in [0.3, 0.4) is 0 Å². The molecule has 0 fully saturated rings. The number of rotatable bonds is 6. The first kappa shape index (κ1) is 18.7. The average molecular weight is 389 g/mol. The maximum Gasteiger partial charge on any atom is 0.263 e. The number of carbonyl (C=O) groups is 1. The van der Waals surface area contributed by atoms with Gasteiger partial charge in [0.05, 0.1) is 31.2 Å². The van der Waals surface area contributed by atoms with Crippen LogP contribution in [-0.2, 0) is 10.0 Å². The minimum atomic E-state index is -3.56. The minimum absolute atomic E-state index is 0.204. The predicted octanol–water partition coefficient (Wildman–Crippen LogP) is 1.17. The Kier molecular flexibility index (Phi) is 5.31. The van der Waals surface area contributed by atoms with Crippen LogP contribution >= 0.6 is 0 Å². The van der Waals surface area contributed by atoms with E-state index < -0.39 is 10.0 Å². The number of benzene rings is 2. The summed E-state index contributed by atoms with van der Waals surface area (Å²) in [7, 11) is -0.559. The molecule has 1 amide bonds. The Morgan fingerprint density at radius 3 is 2.67 bits per heavy atom. The Bertz CT molecular complexity index is 1000. The number of ether oxygens (including phenoxy) is 2. The van der Waals surface area contributed by atoms with Crippen molar-refractivity contribution in [3.63, 3.8) is 0 Å². The molecule has 0 atom stereocenters. The first-order valence-corrected chi connectivity index (χ1v) is 9.61. The SMILES string of the molecule is COc1ccc(C(=O)NCCN=C2NS(=O)(=O)c3ccccc32)c(OC)c1. The molecule has 0 aromatic heterocycles. The van der Waals surface area contributed by atoms with Crippen molar-refractivity contribution in [2.75, 3.05) is 27.3 Å². The Labute approximate surface area is 157 Å². The molecule has 0 spiro atoms. The highest BCUT2D eigenvalue weighted by Crippen LogP contribution is 2.24. The second kappa shape index (κ2) is 7.67. The minimum Gasteiger partial charge on any atom is -0.497 e. The lowest BCUT2D eigenvalue weighted by molar-refractivity contribution is 0.0951. The van der Waals surface area contributed by atoms with Crippen molar-refractivity contribution in [1.82, 2.24) is 10.0 Å². The molecule has 0 radical (unpaired) electrons. The standard InChI is InChI=1S/C18H19N3O5S/c1-25-12-7-8-13(15(11-12)26-2)18(22)20-10-9-19-17-14-5-3-4-6-16(14)27(23,24)21-17/h3-8,11H,9-10H2,1-2H3,(H,19,21)(H,20,22). The van der Waals surface area contributed by atoms with Crippen molar-refractivity contribution in [3.8, 4) is 11.5 Å². The van der Waals surface area contributed by atoms with Gasteiger partial charge in [-0.2, -0.15) is 0 Å². The Morgan fingerprint density at radius 2 is 1.93 bits per heavy atom. The normalized spacial score (nSPS) is 15.7. The number of aliphatic imine (C=N–C) groups is 1. The summed E-state index contributed by atoms with van der Waals surface area (Å²) in [4.78, 5) is 16.8. The maximum absolute atomic E-state index is 12.3. The summed E-state index contributed by atoms with van der Waals surface area (Å²) in [5.74, 6) is 0.946. The van der Waals surface area contributed by atoms with Gasteiger partial charge in [0.25, 0.3) is 15.9 Å². The van der Waals surface area contributed by atoms with Crippen LogP contribution in [0.1, 0.15) is 15.9 Å². The molecular formula is C18H19N3O5S. The number of hydrogen-bond donors (Lipinski definition) is 2. The highest BCUT2D eigenvalue weighted by Gasteiger charge is 2.29. The smallest absolute Gasteiger partial charge is 0.263 e. The van der Waals surface area contributed by atoms with Crippen LogP contribution in [-0.4, -0.2) is 47.5 Å². The van der Waals surface area contributed by atoms with Crippen molar-refractivity contribution < 1.29 is 22.7 Å². The van der Waals surface area contributed by atoms with Gasteiger partial charge in [0, 0.05) is 18.2 Å². The molecule has 3 rings (SSSR count). The van der Waals surface area contributed by atoms with E-state index >= 15 is 0 Å². The number of fused-ring (bicyclic) bond motifs is 1. The number of sulfonamides is 1. The average Bonchev–Trinajstić information content (AvgIpc) is 2.95. The molecular weight excluding hydrogens is 370 g/mol. The highest BCUT2D eigenvalue weighted by atomic mass is 32.2. The fourth-order valence-corrected chi connectivity index (χ4v) is 3.92. The monoisotopic (exact) mass is 389 g/mol. The lowest BCUT2D eigenvalue weighted by atomic mass is 10.1. The molecule has 142 valence electrons. The summed E-state index contributed by atoms with van der Waals surface area (Å²) < 4.78 is 36.8. The molecule has 2 aromatic carbocycles. The van der Waals surface area contributed by atoms with Crippen LogP contribution in [0.15, 0.2) is 52.4 Å². The number of methoxy groups -OCH3 is 2. The van der Waals surface area contributed by atoms with E-state index in [1.54, 1.807) is 36.4 Å². The van der Waals surface area contributed by atoms with Crippen LogP contribution in [0.5, 0.6) is 11.5 Å².